The Morgan fingerprint density at radius 1 is 0.816 bits per heavy atom. The molecule has 7 heteroatoms. The van der Waals surface area contributed by atoms with E-state index >= 15 is 0 Å². The number of nitrogens with zero attached hydrogens (tertiary/aromatic N) is 5. The molecular weight excluding hydrogens is 490 g/mol. The van der Waals surface area contributed by atoms with Crippen molar-refractivity contribution in [2.45, 2.75) is 20.8 Å². The highest BCUT2D eigenvalue weighted by Gasteiger charge is 2.24. The molecule has 0 fully saturated rings. The van der Waals surface area contributed by atoms with E-state index < -0.39 is 0 Å². The molecule has 3 aromatic carbocycles. The zero-order valence-electron chi connectivity index (χ0n) is 21.5. The third kappa shape index (κ3) is 3.96. The topological polar surface area (TPSA) is 63.9 Å². The van der Waals surface area contributed by atoms with E-state index in [9.17, 15) is 4.79 Å². The Bertz CT molecular complexity index is 1810. The fourth-order valence-corrected chi connectivity index (χ4v) is 5.89. The lowest BCUT2D eigenvalue weighted by molar-refractivity contribution is 0.787. The van der Waals surface area contributed by atoms with Crippen LogP contribution in [-0.4, -0.2) is 32.8 Å². The van der Waals surface area contributed by atoms with Gasteiger partial charge < -0.3 is 4.90 Å². The van der Waals surface area contributed by atoms with Crippen LogP contribution < -0.4 is 10.5 Å². The van der Waals surface area contributed by atoms with Gasteiger partial charge in [0.25, 0.3) is 5.56 Å². The van der Waals surface area contributed by atoms with Crippen molar-refractivity contribution in [2.24, 2.45) is 0 Å². The maximum Gasteiger partial charge on any atom is 0.277 e. The summed E-state index contributed by atoms with van der Waals surface area (Å²) < 4.78 is 2.31. The van der Waals surface area contributed by atoms with Crippen LogP contribution in [0.25, 0.3) is 48.5 Å². The largest absolute Gasteiger partial charge is 0.342 e. The van der Waals surface area contributed by atoms with E-state index in [-0.39, 0.29) is 5.56 Å². The molecule has 3 heterocycles. The Balaban J connectivity index is 1.76. The van der Waals surface area contributed by atoms with Gasteiger partial charge in [-0.3, -0.25) is 4.79 Å². The maximum absolute atomic E-state index is 14.2. The van der Waals surface area contributed by atoms with Gasteiger partial charge in [0.15, 0.2) is 0 Å². The summed E-state index contributed by atoms with van der Waals surface area (Å²) in [4.78, 5) is 22.2. The monoisotopic (exact) mass is 517 g/mol. The smallest absolute Gasteiger partial charge is 0.277 e. The summed E-state index contributed by atoms with van der Waals surface area (Å²) in [6.07, 6.45) is 0. The normalized spacial score (nSPS) is 11.3. The fourth-order valence-electron chi connectivity index (χ4n) is 4.89. The predicted octanol–water partition coefficient (Wildman–Crippen LogP) is 6.88. The molecule has 3 aromatic heterocycles. The molecule has 0 saturated carbocycles. The third-order valence-electron chi connectivity index (χ3n) is 6.85. The molecule has 0 N–H and O–H groups in total. The molecule has 0 radical (unpaired) electrons. The molecule has 0 aliphatic heterocycles. The van der Waals surface area contributed by atoms with Crippen molar-refractivity contribution in [3.05, 3.63) is 101 Å². The lowest BCUT2D eigenvalue weighted by Crippen LogP contribution is -2.31. The third-order valence-corrected chi connectivity index (χ3v) is 7.90. The molecule has 0 saturated heterocycles. The average Bonchev–Trinajstić information content (AvgIpc) is 3.34. The van der Waals surface area contributed by atoms with Crippen LogP contribution >= 0.6 is 11.3 Å². The first-order valence-electron chi connectivity index (χ1n) is 12.8. The quantitative estimate of drug-likeness (QED) is 0.241. The van der Waals surface area contributed by atoms with Crippen LogP contribution in [0.3, 0.4) is 0 Å². The van der Waals surface area contributed by atoms with Crippen molar-refractivity contribution in [1.82, 2.24) is 19.7 Å². The van der Waals surface area contributed by atoms with E-state index in [1.54, 1.807) is 4.57 Å². The van der Waals surface area contributed by atoms with Crippen molar-refractivity contribution in [3.63, 3.8) is 0 Å². The minimum absolute atomic E-state index is 0.0935. The van der Waals surface area contributed by atoms with Crippen LogP contribution in [0.5, 0.6) is 0 Å². The highest BCUT2D eigenvalue weighted by atomic mass is 32.1. The molecule has 6 rings (SSSR count). The average molecular weight is 518 g/mol. The summed E-state index contributed by atoms with van der Waals surface area (Å²) >= 11 is 1.36. The Kier molecular flexibility index (Phi) is 6.21. The summed E-state index contributed by atoms with van der Waals surface area (Å²) in [6.45, 7) is 7.66. The Labute approximate surface area is 224 Å². The highest BCUT2D eigenvalue weighted by molar-refractivity contribution is 7.25. The summed E-state index contributed by atoms with van der Waals surface area (Å²) in [7, 11) is 0. The molecule has 0 amide bonds. The lowest BCUT2D eigenvalue weighted by Gasteiger charge is -2.24. The molecule has 0 unspecified atom stereocenters. The number of aryl methyl sites for hydroxylation is 1. The second-order valence-electron chi connectivity index (χ2n) is 9.18. The van der Waals surface area contributed by atoms with Crippen LogP contribution in [0.1, 0.15) is 19.4 Å². The van der Waals surface area contributed by atoms with E-state index in [1.165, 1.54) is 11.3 Å². The molecule has 0 aliphatic rings. The van der Waals surface area contributed by atoms with Gasteiger partial charge in [-0.05, 0) is 38.5 Å². The van der Waals surface area contributed by atoms with Gasteiger partial charge in [0.05, 0.1) is 5.69 Å². The number of thiophene rings is 1. The van der Waals surface area contributed by atoms with Crippen LogP contribution in [-0.2, 0) is 0 Å². The summed E-state index contributed by atoms with van der Waals surface area (Å²) in [5.74, 6) is 0.633. The van der Waals surface area contributed by atoms with E-state index in [1.807, 2.05) is 79.7 Å². The molecule has 0 aliphatic carbocycles. The number of anilines is 1. The van der Waals surface area contributed by atoms with E-state index in [0.29, 0.717) is 21.0 Å². The van der Waals surface area contributed by atoms with Gasteiger partial charge in [-0.2, -0.15) is 0 Å². The van der Waals surface area contributed by atoms with Crippen molar-refractivity contribution >= 4 is 37.7 Å². The van der Waals surface area contributed by atoms with Crippen molar-refractivity contribution in [3.8, 4) is 28.1 Å². The second kappa shape index (κ2) is 9.84. The van der Waals surface area contributed by atoms with E-state index in [4.69, 9.17) is 4.98 Å². The highest BCUT2D eigenvalue weighted by Crippen LogP contribution is 2.41. The number of fused-ring (bicyclic) bond motifs is 3. The number of hydrogen-bond donors (Lipinski definition) is 0. The van der Waals surface area contributed by atoms with Gasteiger partial charge in [-0.15, -0.1) is 21.5 Å². The van der Waals surface area contributed by atoms with Crippen LogP contribution in [0.15, 0.2) is 89.7 Å². The number of rotatable bonds is 6. The summed E-state index contributed by atoms with van der Waals surface area (Å²) in [5, 5.41) is 10.2. The SMILES string of the molecule is CCN(CC)c1nc2c(sc3nnc(-c4ccccc4)c(-c4ccccc4)c32)c(=O)n1-c1ccc(C)cc1. The first kappa shape index (κ1) is 24.0. The Morgan fingerprint density at radius 2 is 1.45 bits per heavy atom. The number of benzene rings is 3. The second-order valence-corrected chi connectivity index (χ2v) is 10.2. The van der Waals surface area contributed by atoms with Crippen molar-refractivity contribution in [2.75, 3.05) is 18.0 Å². The van der Waals surface area contributed by atoms with Gasteiger partial charge >= 0.3 is 0 Å². The lowest BCUT2D eigenvalue weighted by atomic mass is 9.97. The van der Waals surface area contributed by atoms with Crippen LogP contribution in [0.2, 0.25) is 0 Å². The molecule has 6 nitrogen and oxygen atoms in total. The van der Waals surface area contributed by atoms with Crippen LogP contribution in [0.4, 0.5) is 5.95 Å². The van der Waals surface area contributed by atoms with Gasteiger partial charge in [0, 0.05) is 29.6 Å². The molecule has 0 bridgehead atoms. The van der Waals surface area contributed by atoms with Crippen molar-refractivity contribution in [1.29, 1.82) is 0 Å². The molecular formula is C31H27N5OS. The fraction of sp³-hybridized carbons (Fsp3) is 0.161. The first-order chi connectivity index (χ1) is 18.6. The van der Waals surface area contributed by atoms with Gasteiger partial charge in [-0.25, -0.2) is 9.55 Å². The molecule has 6 aromatic rings. The zero-order valence-corrected chi connectivity index (χ0v) is 22.4. The minimum atomic E-state index is -0.0935. The summed E-state index contributed by atoms with van der Waals surface area (Å²) in [6, 6.07) is 28.2. The number of aromatic nitrogens is 4. The predicted molar refractivity (Wildman–Crippen MR) is 157 cm³/mol. The molecule has 38 heavy (non-hydrogen) atoms. The standard InChI is InChI=1S/C31H27N5OS/c1-4-35(5-2)31-32-27-25-24(21-12-8-6-9-13-21)26(22-14-10-7-11-15-22)33-34-29(25)38-28(27)30(37)36(31)23-18-16-20(3)17-19-23/h6-19H,4-5H2,1-3H3. The van der Waals surface area contributed by atoms with Gasteiger partial charge in [0.2, 0.25) is 5.95 Å². The van der Waals surface area contributed by atoms with Gasteiger partial charge in [0.1, 0.15) is 20.7 Å². The number of hydrogen-bond acceptors (Lipinski definition) is 6. The zero-order chi connectivity index (χ0) is 26.2. The van der Waals surface area contributed by atoms with E-state index in [0.717, 1.165) is 52.1 Å². The van der Waals surface area contributed by atoms with E-state index in [2.05, 4.69) is 41.1 Å². The van der Waals surface area contributed by atoms with Gasteiger partial charge in [-0.1, -0.05) is 78.4 Å². The van der Waals surface area contributed by atoms with Crippen LogP contribution in [0, 0.1) is 6.92 Å². The minimum Gasteiger partial charge on any atom is -0.342 e. The molecule has 0 atom stereocenters. The first-order valence-corrected chi connectivity index (χ1v) is 13.6. The Morgan fingerprint density at radius 3 is 2.08 bits per heavy atom. The molecule has 188 valence electrons. The Hall–Kier alpha value is -4.36. The summed E-state index contributed by atoms with van der Waals surface area (Å²) in [5.41, 5.74) is 6.22. The van der Waals surface area contributed by atoms with Crippen molar-refractivity contribution < 1.29 is 0 Å². The molecule has 0 spiro atoms. The maximum atomic E-state index is 14.2.